The first-order valence-electron chi connectivity index (χ1n) is 7.31. The minimum absolute atomic E-state index is 0.0284. The number of alkyl halides is 1. The first-order valence-corrected chi connectivity index (χ1v) is 8.54. The maximum atomic E-state index is 13.2. The maximum Gasteiger partial charge on any atom is 0.124 e. The molecule has 21 heavy (non-hydrogen) atoms. The fourth-order valence-electron chi connectivity index (χ4n) is 3.16. The standard InChI is InChI=1S/C18H17BrClF/c19-17-11-15(21)9-8-13(17)10-14-6-3-5-12-4-1-2-7-16(12)18(14)20/h1-2,4,7-9,11,14,18H,3,5-6,10H2. The van der Waals surface area contributed by atoms with Crippen LogP contribution in [-0.4, -0.2) is 0 Å². The summed E-state index contributed by atoms with van der Waals surface area (Å²) in [5, 5.41) is 0.0284. The molecule has 0 saturated carbocycles. The van der Waals surface area contributed by atoms with E-state index in [1.165, 1.54) is 23.3 Å². The van der Waals surface area contributed by atoms with E-state index in [2.05, 4.69) is 40.2 Å². The minimum atomic E-state index is -0.209. The molecule has 0 heterocycles. The minimum Gasteiger partial charge on any atom is -0.207 e. The molecule has 2 aromatic rings. The van der Waals surface area contributed by atoms with Crippen LogP contribution in [0.5, 0.6) is 0 Å². The van der Waals surface area contributed by atoms with Gasteiger partial charge in [0.1, 0.15) is 5.82 Å². The van der Waals surface area contributed by atoms with E-state index >= 15 is 0 Å². The first-order chi connectivity index (χ1) is 10.1. The van der Waals surface area contributed by atoms with Crippen molar-refractivity contribution in [2.24, 2.45) is 5.92 Å². The molecule has 2 unspecified atom stereocenters. The fraction of sp³-hybridized carbons (Fsp3) is 0.333. The molecule has 1 aliphatic rings. The summed E-state index contributed by atoms with van der Waals surface area (Å²) in [6.45, 7) is 0. The molecule has 0 bridgehead atoms. The van der Waals surface area contributed by atoms with Crippen LogP contribution in [0.4, 0.5) is 4.39 Å². The predicted octanol–water partition coefficient (Wildman–Crippen LogP) is 6.06. The SMILES string of the molecule is Fc1ccc(CC2CCCc3ccccc3C2Cl)c(Br)c1. The highest BCUT2D eigenvalue weighted by atomic mass is 79.9. The molecule has 0 radical (unpaired) electrons. The van der Waals surface area contributed by atoms with Crippen LogP contribution >= 0.6 is 27.5 Å². The largest absolute Gasteiger partial charge is 0.207 e. The Bertz CT molecular complexity index is 641. The van der Waals surface area contributed by atoms with E-state index in [4.69, 9.17) is 11.6 Å². The summed E-state index contributed by atoms with van der Waals surface area (Å²) >= 11 is 10.2. The number of aryl methyl sites for hydroxylation is 1. The summed E-state index contributed by atoms with van der Waals surface area (Å²) in [4.78, 5) is 0. The van der Waals surface area contributed by atoms with Crippen LogP contribution in [0.3, 0.4) is 0 Å². The number of hydrogen-bond donors (Lipinski definition) is 0. The third-order valence-corrected chi connectivity index (χ3v) is 5.61. The van der Waals surface area contributed by atoms with Gasteiger partial charge in [-0.2, -0.15) is 0 Å². The van der Waals surface area contributed by atoms with Crippen molar-refractivity contribution < 1.29 is 4.39 Å². The van der Waals surface area contributed by atoms with E-state index in [0.29, 0.717) is 5.92 Å². The van der Waals surface area contributed by atoms with Crippen LogP contribution < -0.4 is 0 Å². The fourth-order valence-corrected chi connectivity index (χ4v) is 4.10. The van der Waals surface area contributed by atoms with Gasteiger partial charge in [0, 0.05) is 4.47 Å². The second-order valence-corrected chi connectivity index (χ2v) is 7.02. The van der Waals surface area contributed by atoms with Gasteiger partial charge in [0.15, 0.2) is 0 Å². The average molecular weight is 368 g/mol. The van der Waals surface area contributed by atoms with Gasteiger partial charge in [0.25, 0.3) is 0 Å². The second kappa shape index (κ2) is 6.50. The zero-order valence-electron chi connectivity index (χ0n) is 11.7. The van der Waals surface area contributed by atoms with Gasteiger partial charge >= 0.3 is 0 Å². The molecular weight excluding hydrogens is 351 g/mol. The summed E-state index contributed by atoms with van der Waals surface area (Å²) < 4.78 is 14.0. The summed E-state index contributed by atoms with van der Waals surface area (Å²) in [5.41, 5.74) is 3.77. The van der Waals surface area contributed by atoms with Crippen LogP contribution in [0.1, 0.15) is 34.9 Å². The van der Waals surface area contributed by atoms with Crippen LogP contribution in [0.15, 0.2) is 46.9 Å². The van der Waals surface area contributed by atoms with Crippen molar-refractivity contribution in [1.82, 2.24) is 0 Å². The van der Waals surface area contributed by atoms with Gasteiger partial charge in [0.05, 0.1) is 5.38 Å². The normalized spacial score (nSPS) is 21.7. The van der Waals surface area contributed by atoms with Gasteiger partial charge in [-0.3, -0.25) is 0 Å². The highest BCUT2D eigenvalue weighted by Crippen LogP contribution is 2.40. The van der Waals surface area contributed by atoms with E-state index in [9.17, 15) is 4.39 Å². The van der Waals surface area contributed by atoms with Gasteiger partial charge in [-0.1, -0.05) is 46.3 Å². The summed E-state index contributed by atoms with van der Waals surface area (Å²) in [5.74, 6) is 0.177. The van der Waals surface area contributed by atoms with E-state index in [1.807, 2.05) is 6.07 Å². The quantitative estimate of drug-likeness (QED) is 0.447. The van der Waals surface area contributed by atoms with E-state index in [-0.39, 0.29) is 11.2 Å². The Morgan fingerprint density at radius 2 is 2.00 bits per heavy atom. The van der Waals surface area contributed by atoms with Crippen LogP contribution in [0.2, 0.25) is 0 Å². The van der Waals surface area contributed by atoms with Crippen LogP contribution in [-0.2, 0) is 12.8 Å². The van der Waals surface area contributed by atoms with Crippen molar-refractivity contribution in [3.63, 3.8) is 0 Å². The van der Waals surface area contributed by atoms with Gasteiger partial charge in [0.2, 0.25) is 0 Å². The molecule has 110 valence electrons. The van der Waals surface area contributed by atoms with Crippen LogP contribution in [0, 0.1) is 11.7 Å². The lowest BCUT2D eigenvalue weighted by Crippen LogP contribution is -2.11. The summed E-state index contributed by atoms with van der Waals surface area (Å²) in [6.07, 6.45) is 4.24. The Balaban J connectivity index is 1.86. The van der Waals surface area contributed by atoms with Crippen molar-refractivity contribution in [1.29, 1.82) is 0 Å². The number of benzene rings is 2. The number of hydrogen-bond acceptors (Lipinski definition) is 0. The van der Waals surface area contributed by atoms with Crippen molar-refractivity contribution in [2.45, 2.75) is 31.1 Å². The molecular formula is C18H17BrClF. The molecule has 0 aliphatic heterocycles. The molecule has 3 rings (SSSR count). The lowest BCUT2D eigenvalue weighted by atomic mass is 9.90. The lowest BCUT2D eigenvalue weighted by molar-refractivity contribution is 0.464. The Morgan fingerprint density at radius 3 is 2.81 bits per heavy atom. The average Bonchev–Trinajstić information content (AvgIpc) is 2.63. The van der Waals surface area contributed by atoms with Crippen molar-refractivity contribution in [3.8, 4) is 0 Å². The highest BCUT2D eigenvalue weighted by Gasteiger charge is 2.26. The number of fused-ring (bicyclic) bond motifs is 1. The molecule has 0 saturated heterocycles. The van der Waals surface area contributed by atoms with Crippen molar-refractivity contribution in [3.05, 3.63) is 69.4 Å². The van der Waals surface area contributed by atoms with Crippen molar-refractivity contribution >= 4 is 27.5 Å². The third kappa shape index (κ3) is 3.32. The number of halogens is 3. The molecule has 0 spiro atoms. The predicted molar refractivity (Wildman–Crippen MR) is 89.3 cm³/mol. The summed E-state index contributed by atoms with van der Waals surface area (Å²) in [6, 6.07) is 13.4. The summed E-state index contributed by atoms with van der Waals surface area (Å²) in [7, 11) is 0. The molecule has 2 atom stereocenters. The first kappa shape index (κ1) is 15.1. The van der Waals surface area contributed by atoms with Gasteiger partial charge in [-0.05, 0) is 60.4 Å². The second-order valence-electron chi connectivity index (χ2n) is 5.69. The highest BCUT2D eigenvalue weighted by molar-refractivity contribution is 9.10. The third-order valence-electron chi connectivity index (χ3n) is 4.28. The monoisotopic (exact) mass is 366 g/mol. The van der Waals surface area contributed by atoms with Crippen molar-refractivity contribution in [2.75, 3.05) is 0 Å². The lowest BCUT2D eigenvalue weighted by Gasteiger charge is -2.22. The molecule has 0 N–H and O–H groups in total. The molecule has 0 aromatic heterocycles. The molecule has 0 amide bonds. The van der Waals surface area contributed by atoms with Gasteiger partial charge in [-0.25, -0.2) is 4.39 Å². The zero-order chi connectivity index (χ0) is 14.8. The van der Waals surface area contributed by atoms with E-state index in [0.717, 1.165) is 35.7 Å². The Hall–Kier alpha value is -0.860. The van der Waals surface area contributed by atoms with Gasteiger partial charge in [-0.15, -0.1) is 11.6 Å². The maximum absolute atomic E-state index is 13.2. The Labute approximate surface area is 138 Å². The van der Waals surface area contributed by atoms with E-state index < -0.39 is 0 Å². The smallest absolute Gasteiger partial charge is 0.124 e. The zero-order valence-corrected chi connectivity index (χ0v) is 14.0. The molecule has 0 nitrogen and oxygen atoms in total. The number of rotatable bonds is 2. The van der Waals surface area contributed by atoms with Gasteiger partial charge < -0.3 is 0 Å². The molecule has 2 aromatic carbocycles. The van der Waals surface area contributed by atoms with E-state index in [1.54, 1.807) is 0 Å². The molecule has 0 fully saturated rings. The molecule has 3 heteroatoms. The molecule has 1 aliphatic carbocycles. The Morgan fingerprint density at radius 1 is 1.19 bits per heavy atom. The topological polar surface area (TPSA) is 0 Å². The van der Waals surface area contributed by atoms with Crippen LogP contribution in [0.25, 0.3) is 0 Å². The Kier molecular flexibility index (Phi) is 4.66.